The summed E-state index contributed by atoms with van der Waals surface area (Å²) in [5.41, 5.74) is 4.81. The highest BCUT2D eigenvalue weighted by molar-refractivity contribution is 9.09. The first-order chi connectivity index (χ1) is 13.0. The largest absolute Gasteiger partial charge is 0.0884 e. The molecule has 0 nitrogen and oxygen atoms in total. The molecule has 8 unspecified atom stereocenters. The molecule has 5 rings (SSSR count). The van der Waals surface area contributed by atoms with Crippen LogP contribution in [-0.2, 0) is 0 Å². The Bertz CT molecular complexity index is 738. The van der Waals surface area contributed by atoms with E-state index in [2.05, 4.69) is 72.4 Å². The van der Waals surface area contributed by atoms with Crippen LogP contribution in [0.5, 0.6) is 0 Å². The maximum Gasteiger partial charge on any atom is 0.0632 e. The predicted octanol–water partition coefficient (Wildman–Crippen LogP) is 7.66. The van der Waals surface area contributed by atoms with Crippen LogP contribution in [0.15, 0.2) is 30.3 Å². The molecule has 0 aliphatic heterocycles. The fraction of sp³-hybridized carbons (Fsp3) is 0.680. The highest BCUT2D eigenvalue weighted by Gasteiger charge is 2.57. The van der Waals surface area contributed by atoms with E-state index in [1.54, 1.807) is 12.0 Å². The van der Waals surface area contributed by atoms with Crippen molar-refractivity contribution in [3.05, 3.63) is 41.5 Å². The monoisotopic (exact) mass is 442 g/mol. The van der Waals surface area contributed by atoms with Crippen LogP contribution in [0.25, 0.3) is 6.08 Å². The molecule has 8 atom stereocenters. The molecule has 0 N–H and O–H groups in total. The van der Waals surface area contributed by atoms with E-state index >= 15 is 0 Å². The fourth-order valence-corrected chi connectivity index (χ4v) is 14.6. The third-order valence-corrected chi connectivity index (χ3v) is 15.3. The van der Waals surface area contributed by atoms with Crippen LogP contribution in [0, 0.1) is 29.6 Å². The number of rotatable bonds is 2. The molecule has 0 saturated heterocycles. The van der Waals surface area contributed by atoms with E-state index in [4.69, 9.17) is 0 Å². The average Bonchev–Trinajstić information content (AvgIpc) is 3.23. The minimum absolute atomic E-state index is 0.720. The van der Waals surface area contributed by atoms with Crippen LogP contribution in [-0.4, -0.2) is 12.9 Å². The standard InChI is InChI=1S/C25H35BrSi/c1-16-14-21-22(15-18-9-5-7-11-20(18)24(21)26)25(16)27(2,3)23-13-12-17-8-4-6-10-19(17)23/h4,6,8,10,12-13,16,18,20-25H,5,7,9,11,14-15H2,1-3H3. The second-order valence-corrected chi connectivity index (χ2v) is 16.7. The SMILES string of the molecule is CC1CC2C(Br)C3CCCCC3CC2C1[Si](C)(C)C1C=Cc2ccccc21. The van der Waals surface area contributed by atoms with Gasteiger partial charge in [0.05, 0.1) is 8.07 Å². The Hall–Kier alpha value is -0.343. The summed E-state index contributed by atoms with van der Waals surface area (Å²) in [4.78, 5) is 0.796. The smallest absolute Gasteiger partial charge is 0.0632 e. The first kappa shape index (κ1) is 18.7. The minimum atomic E-state index is -1.45. The fourth-order valence-electron chi connectivity index (χ4n) is 8.13. The van der Waals surface area contributed by atoms with Crippen LogP contribution in [0.4, 0.5) is 0 Å². The van der Waals surface area contributed by atoms with Gasteiger partial charge >= 0.3 is 0 Å². The summed E-state index contributed by atoms with van der Waals surface area (Å²) in [5, 5.41) is 0. The van der Waals surface area contributed by atoms with Crippen LogP contribution in [0.1, 0.15) is 62.1 Å². The molecular formula is C25H35BrSi. The lowest BCUT2D eigenvalue weighted by Crippen LogP contribution is -2.47. The molecule has 0 aromatic heterocycles. The van der Waals surface area contributed by atoms with Gasteiger partial charge in [0, 0.05) is 4.83 Å². The Morgan fingerprint density at radius 2 is 1.74 bits per heavy atom. The summed E-state index contributed by atoms with van der Waals surface area (Å²) in [6.45, 7) is 8.05. The second kappa shape index (κ2) is 6.87. The molecule has 4 aliphatic rings. The first-order valence-electron chi connectivity index (χ1n) is 11.4. The Morgan fingerprint density at radius 3 is 2.59 bits per heavy atom. The normalized spacial score (nSPS) is 43.3. The lowest BCUT2D eigenvalue weighted by Gasteiger charge is -2.49. The zero-order valence-electron chi connectivity index (χ0n) is 17.2. The van der Waals surface area contributed by atoms with Crippen molar-refractivity contribution in [3.63, 3.8) is 0 Å². The van der Waals surface area contributed by atoms with Crippen LogP contribution in [0.3, 0.4) is 0 Å². The van der Waals surface area contributed by atoms with Gasteiger partial charge in [0.1, 0.15) is 0 Å². The molecule has 0 spiro atoms. The molecule has 27 heavy (non-hydrogen) atoms. The Labute approximate surface area is 175 Å². The van der Waals surface area contributed by atoms with Crippen molar-refractivity contribution >= 4 is 30.1 Å². The maximum atomic E-state index is 4.27. The van der Waals surface area contributed by atoms with Gasteiger partial charge in [-0.2, -0.15) is 0 Å². The summed E-state index contributed by atoms with van der Waals surface area (Å²) in [6.07, 6.45) is 14.0. The Balaban J connectivity index is 1.47. The van der Waals surface area contributed by atoms with E-state index in [-0.39, 0.29) is 0 Å². The number of halogens is 1. The van der Waals surface area contributed by atoms with Gasteiger partial charge in [0.15, 0.2) is 0 Å². The lowest BCUT2D eigenvalue weighted by molar-refractivity contribution is 0.104. The van der Waals surface area contributed by atoms with Gasteiger partial charge in [-0.25, -0.2) is 0 Å². The third-order valence-electron chi connectivity index (χ3n) is 9.09. The molecule has 0 bridgehead atoms. The van der Waals surface area contributed by atoms with Crippen LogP contribution >= 0.6 is 15.9 Å². The van der Waals surface area contributed by atoms with Gasteiger partial charge in [-0.15, -0.1) is 0 Å². The van der Waals surface area contributed by atoms with E-state index in [1.807, 2.05) is 0 Å². The van der Waals surface area contributed by atoms with Crippen molar-refractivity contribution in [1.82, 2.24) is 0 Å². The zero-order chi connectivity index (χ0) is 18.8. The van der Waals surface area contributed by atoms with Gasteiger partial charge in [-0.1, -0.05) is 91.6 Å². The van der Waals surface area contributed by atoms with E-state index in [0.717, 1.165) is 45.5 Å². The van der Waals surface area contributed by atoms with Crippen molar-refractivity contribution in [2.75, 3.05) is 0 Å². The molecule has 0 radical (unpaired) electrons. The van der Waals surface area contributed by atoms with Crippen molar-refractivity contribution < 1.29 is 0 Å². The third kappa shape index (κ3) is 2.88. The molecule has 1 aromatic carbocycles. The molecular weight excluding hydrogens is 408 g/mol. The Morgan fingerprint density at radius 1 is 0.963 bits per heavy atom. The minimum Gasteiger partial charge on any atom is -0.0884 e. The summed E-state index contributed by atoms with van der Waals surface area (Å²) in [7, 11) is -1.45. The highest BCUT2D eigenvalue weighted by Crippen LogP contribution is 2.63. The number of fused-ring (bicyclic) bond motifs is 3. The number of allylic oxidation sites excluding steroid dienone is 1. The van der Waals surface area contributed by atoms with Gasteiger partial charge in [0.2, 0.25) is 0 Å². The topological polar surface area (TPSA) is 0 Å². The molecule has 146 valence electrons. The zero-order valence-corrected chi connectivity index (χ0v) is 19.8. The van der Waals surface area contributed by atoms with Crippen LogP contribution < -0.4 is 0 Å². The maximum absolute atomic E-state index is 4.27. The highest BCUT2D eigenvalue weighted by atomic mass is 79.9. The van der Waals surface area contributed by atoms with Gasteiger partial charge in [-0.05, 0) is 71.1 Å². The number of alkyl halides is 1. The number of hydrogen-bond donors (Lipinski definition) is 0. The molecule has 2 heteroatoms. The van der Waals surface area contributed by atoms with Gasteiger partial charge in [0.25, 0.3) is 0 Å². The summed E-state index contributed by atoms with van der Waals surface area (Å²) in [5.74, 6) is 4.81. The summed E-state index contributed by atoms with van der Waals surface area (Å²) >= 11 is 4.27. The summed E-state index contributed by atoms with van der Waals surface area (Å²) < 4.78 is 0. The first-order valence-corrected chi connectivity index (χ1v) is 15.5. The lowest BCUT2D eigenvalue weighted by atomic mass is 9.64. The van der Waals surface area contributed by atoms with E-state index < -0.39 is 8.07 Å². The van der Waals surface area contributed by atoms with Gasteiger partial charge in [-0.3, -0.25) is 0 Å². The second-order valence-electron chi connectivity index (χ2n) is 10.7. The molecule has 3 saturated carbocycles. The van der Waals surface area contributed by atoms with E-state index in [9.17, 15) is 0 Å². The van der Waals surface area contributed by atoms with E-state index in [1.165, 1.54) is 37.7 Å². The molecule has 0 amide bonds. The number of benzene rings is 1. The Kier molecular flexibility index (Phi) is 4.75. The van der Waals surface area contributed by atoms with Gasteiger partial charge < -0.3 is 0 Å². The average molecular weight is 444 g/mol. The van der Waals surface area contributed by atoms with Crippen molar-refractivity contribution in [2.45, 2.75) is 74.5 Å². The van der Waals surface area contributed by atoms with Crippen molar-refractivity contribution in [3.8, 4) is 0 Å². The predicted molar refractivity (Wildman–Crippen MR) is 123 cm³/mol. The molecule has 0 heterocycles. The van der Waals surface area contributed by atoms with Crippen molar-refractivity contribution in [2.24, 2.45) is 29.6 Å². The van der Waals surface area contributed by atoms with Crippen LogP contribution in [0.2, 0.25) is 18.6 Å². The summed E-state index contributed by atoms with van der Waals surface area (Å²) in [6, 6.07) is 9.19. The quantitative estimate of drug-likeness (QED) is 0.325. The van der Waals surface area contributed by atoms with E-state index in [0.29, 0.717) is 0 Å². The molecule has 3 fully saturated rings. The molecule has 1 aromatic rings. The van der Waals surface area contributed by atoms with Crippen molar-refractivity contribution in [1.29, 1.82) is 0 Å². The molecule has 4 aliphatic carbocycles. The number of hydrogen-bond acceptors (Lipinski definition) is 0.